The number of unbranched alkanes of at least 4 members (excludes halogenated alkanes) is 4. The molecule has 1 aliphatic rings. The van der Waals surface area contributed by atoms with Gasteiger partial charge in [0.05, 0.1) is 6.10 Å². The lowest BCUT2D eigenvalue weighted by molar-refractivity contribution is -0.137. The highest BCUT2D eigenvalue weighted by atomic mass is 32.1. The zero-order valence-corrected chi connectivity index (χ0v) is 17.5. The summed E-state index contributed by atoms with van der Waals surface area (Å²) in [5.74, 6) is -4.36. The first-order valence-corrected chi connectivity index (χ1v) is 10.7. The van der Waals surface area contributed by atoms with E-state index in [-0.39, 0.29) is 43.3 Å². The molecule has 1 rings (SSSR count). The molecular formula is C20H34F2O5S. The smallest absolute Gasteiger partial charge is 0.303 e. The molecule has 1 aliphatic carbocycles. The molecule has 0 aromatic carbocycles. The van der Waals surface area contributed by atoms with Gasteiger partial charge in [-0.3, -0.25) is 9.59 Å². The number of halogens is 2. The van der Waals surface area contributed by atoms with Gasteiger partial charge in [-0.05, 0) is 50.9 Å². The molecule has 8 heteroatoms. The van der Waals surface area contributed by atoms with Crippen molar-refractivity contribution in [2.24, 2.45) is 11.8 Å². The molecular weight excluding hydrogens is 390 g/mol. The van der Waals surface area contributed by atoms with E-state index in [1.165, 1.54) is 0 Å². The maximum atomic E-state index is 14.0. The van der Waals surface area contributed by atoms with E-state index >= 15 is 0 Å². The van der Waals surface area contributed by atoms with Crippen molar-refractivity contribution in [2.45, 2.75) is 102 Å². The lowest BCUT2D eigenvalue weighted by Crippen LogP contribution is -2.34. The predicted octanol–water partition coefficient (Wildman–Crippen LogP) is 4.81. The van der Waals surface area contributed by atoms with Gasteiger partial charge in [-0.25, -0.2) is 8.78 Å². The number of aliphatic hydroxyl groups is 1. The molecule has 0 spiro atoms. The number of ketones is 1. The minimum atomic E-state index is -3.12. The Morgan fingerprint density at radius 1 is 1.25 bits per heavy atom. The highest BCUT2D eigenvalue weighted by Gasteiger charge is 2.44. The molecule has 1 fully saturated rings. The number of alkyl halides is 2. The summed E-state index contributed by atoms with van der Waals surface area (Å²) in [7, 11) is 0. The Balaban J connectivity index is 2.52. The summed E-state index contributed by atoms with van der Waals surface area (Å²) in [5.41, 5.74) is 0. The van der Waals surface area contributed by atoms with Crippen molar-refractivity contribution in [2.75, 3.05) is 0 Å². The van der Waals surface area contributed by atoms with Crippen LogP contribution in [0, 0.1) is 11.8 Å². The summed E-state index contributed by atoms with van der Waals surface area (Å²) in [4.78, 5) is 22.9. The number of thiol groups is 1. The number of hydrogen-bond donors (Lipinski definition) is 3. The Morgan fingerprint density at radius 3 is 2.54 bits per heavy atom. The van der Waals surface area contributed by atoms with Crippen LogP contribution in [0.2, 0.25) is 0 Å². The molecule has 164 valence electrons. The van der Waals surface area contributed by atoms with Gasteiger partial charge in [-0.2, -0.15) is 0 Å². The van der Waals surface area contributed by atoms with Crippen molar-refractivity contribution < 1.29 is 32.8 Å². The van der Waals surface area contributed by atoms with E-state index < -0.39 is 24.1 Å². The number of hydrogen-bond acceptors (Lipinski definition) is 5. The van der Waals surface area contributed by atoms with Gasteiger partial charge in [0, 0.05) is 25.2 Å². The first kappa shape index (κ1) is 25.3. The molecule has 0 amide bonds. The highest BCUT2D eigenvalue weighted by Crippen LogP contribution is 2.40. The maximum absolute atomic E-state index is 14.0. The van der Waals surface area contributed by atoms with E-state index in [1.54, 1.807) is 0 Å². The van der Waals surface area contributed by atoms with Crippen molar-refractivity contribution in [3.8, 4) is 0 Å². The summed E-state index contributed by atoms with van der Waals surface area (Å²) >= 11 is 3.84. The molecule has 0 bridgehead atoms. The second-order valence-electron chi connectivity index (χ2n) is 7.89. The highest BCUT2D eigenvalue weighted by molar-refractivity contribution is 7.75. The third-order valence-electron chi connectivity index (χ3n) is 5.73. The van der Waals surface area contributed by atoms with E-state index in [9.17, 15) is 23.5 Å². The minimum Gasteiger partial charge on any atom is -0.481 e. The molecule has 0 aromatic heterocycles. The van der Waals surface area contributed by atoms with Crippen LogP contribution >= 0.6 is 12.9 Å². The summed E-state index contributed by atoms with van der Waals surface area (Å²) in [6.45, 7) is 1.83. The molecule has 0 aromatic rings. The SMILES string of the molecule is CCCCC(F)(F)C(O)CC[C@H]1[C@H](OS)CC(=O)[C@@H]1CCCCCCC(=O)O. The molecule has 1 saturated carbocycles. The van der Waals surface area contributed by atoms with Gasteiger partial charge in [0.15, 0.2) is 0 Å². The molecule has 0 radical (unpaired) electrons. The fourth-order valence-electron chi connectivity index (χ4n) is 4.01. The number of rotatable bonds is 15. The quantitative estimate of drug-likeness (QED) is 0.200. The van der Waals surface area contributed by atoms with Gasteiger partial charge < -0.3 is 14.4 Å². The van der Waals surface area contributed by atoms with Crippen molar-refractivity contribution in [1.29, 1.82) is 0 Å². The van der Waals surface area contributed by atoms with E-state index in [2.05, 4.69) is 12.9 Å². The van der Waals surface area contributed by atoms with Gasteiger partial charge in [-0.1, -0.05) is 32.6 Å². The van der Waals surface area contributed by atoms with Crippen LogP contribution in [-0.4, -0.2) is 40.1 Å². The number of aliphatic hydroxyl groups excluding tert-OH is 1. The van der Waals surface area contributed by atoms with Crippen LogP contribution in [0.15, 0.2) is 0 Å². The third-order valence-corrected chi connectivity index (χ3v) is 6.00. The lowest BCUT2D eigenvalue weighted by atomic mass is 9.84. The van der Waals surface area contributed by atoms with Crippen LogP contribution in [0.5, 0.6) is 0 Å². The number of carboxylic acids is 1. The molecule has 5 nitrogen and oxygen atoms in total. The largest absolute Gasteiger partial charge is 0.481 e. The monoisotopic (exact) mass is 424 g/mol. The second-order valence-corrected chi connectivity index (χ2v) is 8.10. The topological polar surface area (TPSA) is 83.8 Å². The zero-order valence-electron chi connectivity index (χ0n) is 16.6. The molecule has 0 heterocycles. The van der Waals surface area contributed by atoms with Gasteiger partial charge in [0.1, 0.15) is 11.9 Å². The summed E-state index contributed by atoms with van der Waals surface area (Å²) in [5, 5.41) is 18.6. The summed E-state index contributed by atoms with van der Waals surface area (Å²) in [6.07, 6.45) is 2.76. The normalized spacial score (nSPS) is 23.9. The Labute approximate surface area is 171 Å². The van der Waals surface area contributed by atoms with Gasteiger partial charge in [0.25, 0.3) is 5.92 Å². The van der Waals surface area contributed by atoms with Crippen LogP contribution in [-0.2, 0) is 13.8 Å². The molecule has 4 atom stereocenters. The first-order valence-electron chi connectivity index (χ1n) is 10.3. The van der Waals surface area contributed by atoms with Gasteiger partial charge in [0.2, 0.25) is 0 Å². The predicted molar refractivity (Wildman–Crippen MR) is 106 cm³/mol. The van der Waals surface area contributed by atoms with Crippen LogP contribution in [0.3, 0.4) is 0 Å². The van der Waals surface area contributed by atoms with Gasteiger partial charge in [-0.15, -0.1) is 0 Å². The molecule has 28 heavy (non-hydrogen) atoms. The van der Waals surface area contributed by atoms with Crippen molar-refractivity contribution >= 4 is 24.7 Å². The number of carbonyl (C=O) groups is 2. The van der Waals surface area contributed by atoms with E-state index in [0.717, 1.165) is 19.3 Å². The number of aliphatic carboxylic acids is 1. The van der Waals surface area contributed by atoms with E-state index in [4.69, 9.17) is 9.29 Å². The van der Waals surface area contributed by atoms with Gasteiger partial charge >= 0.3 is 5.97 Å². The van der Waals surface area contributed by atoms with E-state index in [0.29, 0.717) is 32.1 Å². The Kier molecular flexibility index (Phi) is 11.5. The van der Waals surface area contributed by atoms with Crippen LogP contribution in [0.4, 0.5) is 8.78 Å². The average Bonchev–Trinajstić information content (AvgIpc) is 2.95. The molecule has 2 N–H and O–H groups in total. The second kappa shape index (κ2) is 12.8. The third kappa shape index (κ3) is 8.33. The molecule has 0 aliphatic heterocycles. The molecule has 0 saturated heterocycles. The first-order chi connectivity index (χ1) is 13.2. The minimum absolute atomic E-state index is 0.0572. The van der Waals surface area contributed by atoms with Crippen LogP contribution in [0.25, 0.3) is 0 Å². The number of carboxylic acid groups (broad SMARTS) is 1. The van der Waals surface area contributed by atoms with Crippen LogP contribution < -0.4 is 0 Å². The number of carbonyl (C=O) groups excluding carboxylic acids is 1. The summed E-state index contributed by atoms with van der Waals surface area (Å²) in [6, 6.07) is 0. The maximum Gasteiger partial charge on any atom is 0.303 e. The van der Waals surface area contributed by atoms with E-state index in [1.807, 2.05) is 6.92 Å². The standard InChI is InChI=1S/C20H34F2O5S/c1-2-3-12-20(21,22)18(24)11-10-15-14(16(23)13-17(15)27-28)8-6-4-5-7-9-19(25)26/h14-15,17-18,24,28H,2-13H2,1H3,(H,25,26)/t14-,15-,17-,18?/m1/s1. The van der Waals surface area contributed by atoms with Crippen molar-refractivity contribution in [1.82, 2.24) is 0 Å². The average molecular weight is 425 g/mol. The lowest BCUT2D eigenvalue weighted by Gasteiger charge is -2.27. The van der Waals surface area contributed by atoms with Crippen molar-refractivity contribution in [3.63, 3.8) is 0 Å². The Bertz CT molecular complexity index is 489. The number of Topliss-reactive ketones (excluding diaryl/α,β-unsaturated/α-hetero) is 1. The Hall–Kier alpha value is -0.730. The summed E-state index contributed by atoms with van der Waals surface area (Å²) < 4.78 is 33.1. The van der Waals surface area contributed by atoms with Crippen LogP contribution in [0.1, 0.15) is 84.0 Å². The van der Waals surface area contributed by atoms with Crippen molar-refractivity contribution in [3.05, 3.63) is 0 Å². The fourth-order valence-corrected chi connectivity index (χ4v) is 4.24. The fraction of sp³-hybridized carbons (Fsp3) is 0.900. The Morgan fingerprint density at radius 2 is 1.93 bits per heavy atom. The molecule has 1 unspecified atom stereocenters. The zero-order chi connectivity index (χ0) is 21.2.